The molecular formula is C16H20N2O2. The molecule has 1 aromatic carbocycles. The Balaban J connectivity index is 1.81. The second-order valence-electron chi connectivity index (χ2n) is 5.13. The molecule has 1 fully saturated rings. The second-order valence-corrected chi connectivity index (χ2v) is 5.13. The summed E-state index contributed by atoms with van der Waals surface area (Å²) in [5.74, 6) is -0.197. The van der Waals surface area contributed by atoms with E-state index in [0.29, 0.717) is 11.3 Å². The molecule has 0 spiro atoms. The van der Waals surface area contributed by atoms with Crippen LogP contribution in [0.2, 0.25) is 0 Å². The second kappa shape index (κ2) is 7.66. The molecule has 2 rings (SSSR count). The third kappa shape index (κ3) is 4.36. The SMILES string of the molecule is N#Cc1ccccc1NC(=O)COC1CCCCCC1. The predicted molar refractivity (Wildman–Crippen MR) is 77.2 cm³/mol. The lowest BCUT2D eigenvalue weighted by Crippen LogP contribution is -2.23. The van der Waals surface area contributed by atoms with Crippen LogP contribution in [0.4, 0.5) is 5.69 Å². The number of anilines is 1. The van der Waals surface area contributed by atoms with Gasteiger partial charge in [0.15, 0.2) is 0 Å². The van der Waals surface area contributed by atoms with Gasteiger partial charge in [-0.25, -0.2) is 0 Å². The van der Waals surface area contributed by atoms with E-state index in [1.165, 1.54) is 25.7 Å². The van der Waals surface area contributed by atoms with E-state index < -0.39 is 0 Å². The molecule has 0 radical (unpaired) electrons. The Morgan fingerprint density at radius 2 is 1.95 bits per heavy atom. The van der Waals surface area contributed by atoms with Crippen molar-refractivity contribution in [3.05, 3.63) is 29.8 Å². The standard InChI is InChI=1S/C16H20N2O2/c17-11-13-7-5-6-10-15(13)18-16(19)12-20-14-8-3-1-2-4-9-14/h5-7,10,14H,1-4,8-9,12H2,(H,18,19). The van der Waals surface area contributed by atoms with Crippen LogP contribution < -0.4 is 5.32 Å². The van der Waals surface area contributed by atoms with Crippen molar-refractivity contribution in [2.75, 3.05) is 11.9 Å². The van der Waals surface area contributed by atoms with Gasteiger partial charge in [-0.2, -0.15) is 5.26 Å². The highest BCUT2D eigenvalue weighted by Crippen LogP contribution is 2.20. The highest BCUT2D eigenvalue weighted by molar-refractivity contribution is 5.92. The first-order chi connectivity index (χ1) is 9.79. The van der Waals surface area contributed by atoms with Gasteiger partial charge in [0.25, 0.3) is 0 Å². The van der Waals surface area contributed by atoms with Crippen molar-refractivity contribution in [2.45, 2.75) is 44.6 Å². The van der Waals surface area contributed by atoms with Crippen LogP contribution >= 0.6 is 0 Å². The van der Waals surface area contributed by atoms with E-state index in [-0.39, 0.29) is 18.6 Å². The van der Waals surface area contributed by atoms with Crippen molar-refractivity contribution >= 4 is 11.6 Å². The summed E-state index contributed by atoms with van der Waals surface area (Å²) >= 11 is 0. The summed E-state index contributed by atoms with van der Waals surface area (Å²) in [6.07, 6.45) is 7.19. The highest BCUT2D eigenvalue weighted by atomic mass is 16.5. The smallest absolute Gasteiger partial charge is 0.250 e. The summed E-state index contributed by atoms with van der Waals surface area (Å²) in [6, 6.07) is 9.03. The quantitative estimate of drug-likeness (QED) is 0.856. The lowest BCUT2D eigenvalue weighted by Gasteiger charge is -2.15. The van der Waals surface area contributed by atoms with Crippen molar-refractivity contribution in [3.8, 4) is 6.07 Å². The normalized spacial score (nSPS) is 16.1. The number of amides is 1. The average Bonchev–Trinajstić information content (AvgIpc) is 2.74. The Hall–Kier alpha value is -1.86. The van der Waals surface area contributed by atoms with E-state index in [1.807, 2.05) is 0 Å². The van der Waals surface area contributed by atoms with E-state index >= 15 is 0 Å². The van der Waals surface area contributed by atoms with Crippen LogP contribution in [0, 0.1) is 11.3 Å². The molecule has 1 aliphatic rings. The summed E-state index contributed by atoms with van der Waals surface area (Å²) in [6.45, 7) is 0.0599. The van der Waals surface area contributed by atoms with Crippen molar-refractivity contribution in [1.29, 1.82) is 5.26 Å². The van der Waals surface area contributed by atoms with Crippen molar-refractivity contribution in [2.24, 2.45) is 0 Å². The number of ether oxygens (including phenoxy) is 1. The first kappa shape index (κ1) is 14.5. The fraction of sp³-hybridized carbons (Fsp3) is 0.500. The molecule has 1 N–H and O–H groups in total. The van der Waals surface area contributed by atoms with Crippen LogP contribution in [0.3, 0.4) is 0 Å². The Morgan fingerprint density at radius 3 is 2.65 bits per heavy atom. The molecule has 0 aromatic heterocycles. The molecule has 106 valence electrons. The number of carbonyl (C=O) groups is 1. The first-order valence-electron chi connectivity index (χ1n) is 7.20. The average molecular weight is 272 g/mol. The van der Waals surface area contributed by atoms with Gasteiger partial charge < -0.3 is 10.1 Å². The molecule has 0 aliphatic heterocycles. The van der Waals surface area contributed by atoms with Crippen LogP contribution in [0.15, 0.2) is 24.3 Å². The van der Waals surface area contributed by atoms with Crippen molar-refractivity contribution in [3.63, 3.8) is 0 Å². The highest BCUT2D eigenvalue weighted by Gasteiger charge is 2.14. The van der Waals surface area contributed by atoms with Gasteiger partial charge >= 0.3 is 0 Å². The monoisotopic (exact) mass is 272 g/mol. The Morgan fingerprint density at radius 1 is 1.25 bits per heavy atom. The molecule has 4 heteroatoms. The zero-order valence-electron chi connectivity index (χ0n) is 11.6. The maximum Gasteiger partial charge on any atom is 0.250 e. The minimum Gasteiger partial charge on any atom is -0.368 e. The number of nitrogens with zero attached hydrogens (tertiary/aromatic N) is 1. The van der Waals surface area contributed by atoms with Gasteiger partial charge in [-0.15, -0.1) is 0 Å². The lowest BCUT2D eigenvalue weighted by atomic mass is 10.1. The Bertz CT molecular complexity index is 485. The number of carbonyl (C=O) groups excluding carboxylic acids is 1. The van der Waals surface area contributed by atoms with Crippen LogP contribution in [-0.4, -0.2) is 18.6 Å². The third-order valence-electron chi connectivity index (χ3n) is 3.57. The summed E-state index contributed by atoms with van der Waals surface area (Å²) in [7, 11) is 0. The van der Waals surface area contributed by atoms with E-state index in [9.17, 15) is 4.79 Å². The largest absolute Gasteiger partial charge is 0.368 e. The maximum absolute atomic E-state index is 11.9. The third-order valence-corrected chi connectivity index (χ3v) is 3.57. The minimum atomic E-state index is -0.197. The zero-order valence-corrected chi connectivity index (χ0v) is 11.6. The zero-order chi connectivity index (χ0) is 14.2. The molecule has 4 nitrogen and oxygen atoms in total. The van der Waals surface area contributed by atoms with Gasteiger partial charge in [-0.1, -0.05) is 37.8 Å². The molecule has 1 amide bonds. The molecule has 1 saturated carbocycles. The number of hydrogen-bond donors (Lipinski definition) is 1. The van der Waals surface area contributed by atoms with Crippen LogP contribution in [0.1, 0.15) is 44.1 Å². The molecular weight excluding hydrogens is 252 g/mol. The minimum absolute atomic E-state index is 0.0599. The summed E-state index contributed by atoms with van der Waals surface area (Å²) in [4.78, 5) is 11.9. The Labute approximate surface area is 119 Å². The summed E-state index contributed by atoms with van der Waals surface area (Å²) < 4.78 is 5.68. The number of rotatable bonds is 4. The molecule has 20 heavy (non-hydrogen) atoms. The van der Waals surface area contributed by atoms with Gasteiger partial charge in [-0.05, 0) is 25.0 Å². The van der Waals surface area contributed by atoms with Crippen molar-refractivity contribution < 1.29 is 9.53 Å². The van der Waals surface area contributed by atoms with Crippen LogP contribution in [-0.2, 0) is 9.53 Å². The molecule has 1 aromatic rings. The van der Waals surface area contributed by atoms with Crippen molar-refractivity contribution in [1.82, 2.24) is 0 Å². The van der Waals surface area contributed by atoms with E-state index in [0.717, 1.165) is 12.8 Å². The van der Waals surface area contributed by atoms with Gasteiger partial charge in [0, 0.05) is 0 Å². The van der Waals surface area contributed by atoms with Crippen LogP contribution in [0.25, 0.3) is 0 Å². The molecule has 0 atom stereocenters. The van der Waals surface area contributed by atoms with Gasteiger partial charge in [-0.3, -0.25) is 4.79 Å². The first-order valence-corrected chi connectivity index (χ1v) is 7.20. The molecule has 0 unspecified atom stereocenters. The number of nitriles is 1. The summed E-state index contributed by atoms with van der Waals surface area (Å²) in [5.41, 5.74) is 1.01. The maximum atomic E-state index is 11.9. The fourth-order valence-electron chi connectivity index (χ4n) is 2.48. The van der Waals surface area contributed by atoms with E-state index in [4.69, 9.17) is 10.00 Å². The van der Waals surface area contributed by atoms with Gasteiger partial charge in [0.05, 0.1) is 17.4 Å². The molecule has 0 saturated heterocycles. The number of benzene rings is 1. The topological polar surface area (TPSA) is 62.1 Å². The molecule has 0 heterocycles. The lowest BCUT2D eigenvalue weighted by molar-refractivity contribution is -0.122. The van der Waals surface area contributed by atoms with Crippen LogP contribution in [0.5, 0.6) is 0 Å². The number of hydrogen-bond acceptors (Lipinski definition) is 3. The number of para-hydroxylation sites is 1. The molecule has 1 aliphatic carbocycles. The Kier molecular flexibility index (Phi) is 5.57. The summed E-state index contributed by atoms with van der Waals surface area (Å²) in [5, 5.41) is 11.7. The fourth-order valence-corrected chi connectivity index (χ4v) is 2.48. The number of nitrogens with one attached hydrogen (secondary N) is 1. The molecule has 0 bridgehead atoms. The predicted octanol–water partition coefficient (Wildman–Crippen LogP) is 3.24. The van der Waals surface area contributed by atoms with Gasteiger partial charge in [0.2, 0.25) is 5.91 Å². The van der Waals surface area contributed by atoms with E-state index in [1.54, 1.807) is 24.3 Å². The van der Waals surface area contributed by atoms with E-state index in [2.05, 4.69) is 11.4 Å². The van der Waals surface area contributed by atoms with Gasteiger partial charge in [0.1, 0.15) is 12.7 Å².